The van der Waals surface area contributed by atoms with Gasteiger partial charge in [0.05, 0.1) is 34.4 Å². The van der Waals surface area contributed by atoms with Gasteiger partial charge in [-0.25, -0.2) is 9.97 Å². The van der Waals surface area contributed by atoms with Crippen molar-refractivity contribution < 1.29 is 0 Å². The van der Waals surface area contributed by atoms with Crippen LogP contribution in [-0.2, 0) is 6.54 Å². The Kier molecular flexibility index (Phi) is 6.10. The zero-order chi connectivity index (χ0) is 24.3. The van der Waals surface area contributed by atoms with Crippen LogP contribution < -0.4 is 5.32 Å². The van der Waals surface area contributed by atoms with E-state index in [-0.39, 0.29) is 0 Å². The zero-order valence-electron chi connectivity index (χ0n) is 20.3. The van der Waals surface area contributed by atoms with Crippen LogP contribution in [0.25, 0.3) is 39.4 Å². The molecule has 1 unspecified atom stereocenters. The van der Waals surface area contributed by atoms with Crippen molar-refractivity contribution in [2.75, 3.05) is 0 Å². The van der Waals surface area contributed by atoms with E-state index >= 15 is 0 Å². The third-order valence-corrected chi connectivity index (χ3v) is 6.78. The van der Waals surface area contributed by atoms with Gasteiger partial charge in [-0.05, 0) is 73.2 Å². The second kappa shape index (κ2) is 9.84. The Hall–Kier alpha value is -4.16. The molecule has 2 N–H and O–H groups in total. The van der Waals surface area contributed by atoms with E-state index in [1.54, 1.807) is 6.33 Å². The first-order chi connectivity index (χ1) is 17.7. The van der Waals surface area contributed by atoms with Crippen LogP contribution >= 0.6 is 0 Å². The van der Waals surface area contributed by atoms with Crippen molar-refractivity contribution in [2.45, 2.75) is 38.8 Å². The highest BCUT2D eigenvalue weighted by molar-refractivity contribution is 5.83. The number of nitrogens with zero attached hydrogens (tertiary/aromatic N) is 4. The molecule has 6 nitrogen and oxygen atoms in total. The van der Waals surface area contributed by atoms with Crippen molar-refractivity contribution in [2.24, 2.45) is 0 Å². The number of pyridine rings is 3. The first kappa shape index (κ1) is 22.3. The third-order valence-electron chi connectivity index (χ3n) is 6.78. The van der Waals surface area contributed by atoms with Gasteiger partial charge in [0.1, 0.15) is 5.69 Å². The predicted octanol–water partition coefficient (Wildman–Crippen LogP) is 6.12. The van der Waals surface area contributed by atoms with Gasteiger partial charge in [0.2, 0.25) is 0 Å². The van der Waals surface area contributed by atoms with Crippen LogP contribution in [0, 0.1) is 6.92 Å². The van der Waals surface area contributed by atoms with Gasteiger partial charge >= 0.3 is 0 Å². The number of benzene rings is 1. The van der Waals surface area contributed by atoms with Crippen LogP contribution in [-0.4, -0.2) is 31.0 Å². The molecule has 1 aliphatic carbocycles. The minimum atomic E-state index is 0.501. The second-order valence-electron chi connectivity index (χ2n) is 9.32. The standard InChI is InChI=1S/C30H28N6/c1-20-6-5-9-26(35-20)29-30(34-19-33-29)27-15-14-25-28(36-27)16-23(18-32-25)22-10-12-24(13-11-22)31-17-21-7-3-2-4-8-21/h2-10,14-16,18-19,24,31H,11-13,17H2,1H3,(H,33,34). The number of aryl methyl sites for hydroxylation is 1. The molecule has 0 spiro atoms. The Morgan fingerprint density at radius 2 is 1.83 bits per heavy atom. The summed E-state index contributed by atoms with van der Waals surface area (Å²) in [6, 6.07) is 23.2. The van der Waals surface area contributed by atoms with E-state index in [9.17, 15) is 0 Å². The average molecular weight is 473 g/mol. The molecule has 0 aliphatic heterocycles. The number of hydrogen-bond donors (Lipinski definition) is 2. The van der Waals surface area contributed by atoms with E-state index in [0.717, 1.165) is 70.9 Å². The molecule has 4 aromatic heterocycles. The van der Waals surface area contributed by atoms with Crippen LogP contribution in [0.15, 0.2) is 85.3 Å². The maximum Gasteiger partial charge on any atom is 0.116 e. The zero-order valence-corrected chi connectivity index (χ0v) is 20.3. The van der Waals surface area contributed by atoms with E-state index in [1.165, 1.54) is 11.1 Å². The Morgan fingerprint density at radius 1 is 0.917 bits per heavy atom. The quantitative estimate of drug-likeness (QED) is 0.311. The molecule has 0 saturated heterocycles. The Balaban J connectivity index is 1.22. The summed E-state index contributed by atoms with van der Waals surface area (Å²) in [4.78, 5) is 22.1. The lowest BCUT2D eigenvalue weighted by Crippen LogP contribution is -2.29. The second-order valence-corrected chi connectivity index (χ2v) is 9.32. The van der Waals surface area contributed by atoms with Crippen molar-refractivity contribution in [3.05, 3.63) is 102 Å². The van der Waals surface area contributed by atoms with Gasteiger partial charge < -0.3 is 10.3 Å². The Morgan fingerprint density at radius 3 is 2.67 bits per heavy atom. The summed E-state index contributed by atoms with van der Waals surface area (Å²) < 4.78 is 0. The molecule has 1 atom stereocenters. The monoisotopic (exact) mass is 472 g/mol. The van der Waals surface area contributed by atoms with E-state index in [4.69, 9.17) is 9.97 Å². The topological polar surface area (TPSA) is 79.4 Å². The largest absolute Gasteiger partial charge is 0.343 e. The van der Waals surface area contributed by atoms with Gasteiger partial charge in [0.25, 0.3) is 0 Å². The molecule has 0 amide bonds. The number of aromatic amines is 1. The van der Waals surface area contributed by atoms with Crippen molar-refractivity contribution in [3.8, 4) is 22.8 Å². The normalized spacial score (nSPS) is 15.7. The number of rotatable bonds is 6. The van der Waals surface area contributed by atoms with Crippen molar-refractivity contribution in [3.63, 3.8) is 0 Å². The molecule has 6 rings (SSSR count). The Bertz CT molecular complexity index is 1540. The predicted molar refractivity (Wildman–Crippen MR) is 144 cm³/mol. The van der Waals surface area contributed by atoms with Crippen molar-refractivity contribution in [1.82, 2.24) is 30.2 Å². The van der Waals surface area contributed by atoms with Crippen LogP contribution in [0.1, 0.15) is 36.1 Å². The number of allylic oxidation sites excluding steroid dienone is 1. The molecular formula is C30H28N6. The Labute approximate surface area is 210 Å². The molecule has 0 radical (unpaired) electrons. The van der Waals surface area contributed by atoms with Gasteiger partial charge in [-0.2, -0.15) is 0 Å². The number of nitrogens with one attached hydrogen (secondary N) is 2. The SMILES string of the molecule is Cc1cccc(-c2nc[nH]c2-c2ccc3ncc(C4=CCC(NCc5ccccc5)CC4)cc3n2)n1. The van der Waals surface area contributed by atoms with E-state index in [2.05, 4.69) is 62.7 Å². The van der Waals surface area contributed by atoms with Crippen LogP contribution in [0.5, 0.6) is 0 Å². The molecule has 5 aromatic rings. The summed E-state index contributed by atoms with van der Waals surface area (Å²) in [7, 11) is 0. The third kappa shape index (κ3) is 4.68. The van der Waals surface area contributed by atoms with E-state index in [1.807, 2.05) is 43.5 Å². The number of fused-ring (bicyclic) bond motifs is 1. The maximum atomic E-state index is 4.96. The average Bonchev–Trinajstić information content (AvgIpc) is 3.42. The van der Waals surface area contributed by atoms with Gasteiger partial charge in [-0.15, -0.1) is 0 Å². The molecule has 0 saturated carbocycles. The lowest BCUT2D eigenvalue weighted by Gasteiger charge is -2.23. The minimum absolute atomic E-state index is 0.501. The molecule has 4 heterocycles. The first-order valence-electron chi connectivity index (χ1n) is 12.4. The smallest absolute Gasteiger partial charge is 0.116 e. The number of imidazole rings is 1. The molecule has 1 aliphatic rings. The van der Waals surface area contributed by atoms with E-state index < -0.39 is 0 Å². The summed E-state index contributed by atoms with van der Waals surface area (Å²) in [5.41, 5.74) is 9.89. The maximum absolute atomic E-state index is 4.96. The molecule has 178 valence electrons. The van der Waals surface area contributed by atoms with Crippen LogP contribution in [0.2, 0.25) is 0 Å². The summed E-state index contributed by atoms with van der Waals surface area (Å²) in [6.07, 6.45) is 9.20. The highest BCUT2D eigenvalue weighted by Gasteiger charge is 2.17. The summed E-state index contributed by atoms with van der Waals surface area (Å²) >= 11 is 0. The van der Waals surface area contributed by atoms with Crippen LogP contribution in [0.4, 0.5) is 0 Å². The fraction of sp³-hybridized carbons (Fsp3) is 0.200. The number of hydrogen-bond acceptors (Lipinski definition) is 5. The fourth-order valence-corrected chi connectivity index (χ4v) is 4.82. The summed E-state index contributed by atoms with van der Waals surface area (Å²) in [5.74, 6) is 0. The molecule has 36 heavy (non-hydrogen) atoms. The number of H-pyrrole nitrogens is 1. The molecule has 6 heteroatoms. The van der Waals surface area contributed by atoms with Gasteiger partial charge in [-0.3, -0.25) is 9.97 Å². The summed E-state index contributed by atoms with van der Waals surface area (Å²) in [5, 5.41) is 3.70. The van der Waals surface area contributed by atoms with Gasteiger partial charge in [-0.1, -0.05) is 42.5 Å². The van der Waals surface area contributed by atoms with Gasteiger partial charge in [0.15, 0.2) is 0 Å². The highest BCUT2D eigenvalue weighted by atomic mass is 14.9. The lowest BCUT2D eigenvalue weighted by atomic mass is 9.91. The van der Waals surface area contributed by atoms with Crippen LogP contribution in [0.3, 0.4) is 0 Å². The molecule has 1 aromatic carbocycles. The van der Waals surface area contributed by atoms with Crippen molar-refractivity contribution >= 4 is 16.6 Å². The van der Waals surface area contributed by atoms with E-state index in [0.29, 0.717) is 6.04 Å². The lowest BCUT2D eigenvalue weighted by molar-refractivity contribution is 0.478. The van der Waals surface area contributed by atoms with Crippen molar-refractivity contribution in [1.29, 1.82) is 0 Å². The van der Waals surface area contributed by atoms with Gasteiger partial charge in [0, 0.05) is 24.5 Å². The summed E-state index contributed by atoms with van der Waals surface area (Å²) in [6.45, 7) is 2.89. The fourth-order valence-electron chi connectivity index (χ4n) is 4.82. The minimum Gasteiger partial charge on any atom is -0.343 e. The molecular weight excluding hydrogens is 444 g/mol. The molecule has 0 bridgehead atoms. The highest BCUT2D eigenvalue weighted by Crippen LogP contribution is 2.31. The first-order valence-corrected chi connectivity index (χ1v) is 12.4. The number of aromatic nitrogens is 5. The molecule has 0 fully saturated rings.